The molecule has 0 radical (unpaired) electrons. The number of hydrogen-bond acceptors (Lipinski definition) is 4. The Morgan fingerprint density at radius 3 is 3.00 bits per heavy atom. The maximum atomic E-state index is 12.4. The van der Waals surface area contributed by atoms with Crippen LogP contribution in [-0.4, -0.2) is 41.5 Å². The third kappa shape index (κ3) is 3.31. The van der Waals surface area contributed by atoms with Crippen LogP contribution in [0.4, 0.5) is 0 Å². The fourth-order valence-electron chi connectivity index (χ4n) is 2.57. The maximum Gasteiger partial charge on any atom is 0.228 e. The molecule has 0 spiro atoms. The van der Waals surface area contributed by atoms with Crippen molar-refractivity contribution in [3.63, 3.8) is 0 Å². The topological polar surface area (TPSA) is 45.2 Å². The van der Waals surface area contributed by atoms with E-state index in [0.717, 1.165) is 35.9 Å². The Bertz CT molecular complexity index is 611. The van der Waals surface area contributed by atoms with Gasteiger partial charge in [0.25, 0.3) is 0 Å². The molecule has 0 saturated carbocycles. The highest BCUT2D eigenvalue weighted by atomic mass is 32.1. The molecule has 0 aliphatic carbocycles. The summed E-state index contributed by atoms with van der Waals surface area (Å²) in [6.07, 6.45) is 0.397. The molecular formula is C16H19N3OS. The van der Waals surface area contributed by atoms with Crippen LogP contribution in [0.2, 0.25) is 0 Å². The van der Waals surface area contributed by atoms with Gasteiger partial charge in [-0.1, -0.05) is 30.3 Å². The summed E-state index contributed by atoms with van der Waals surface area (Å²) in [6, 6.07) is 10.4. The predicted octanol–water partition coefficient (Wildman–Crippen LogP) is 2.17. The molecule has 110 valence electrons. The Morgan fingerprint density at radius 1 is 1.43 bits per heavy atom. The van der Waals surface area contributed by atoms with Crippen molar-refractivity contribution >= 4 is 17.2 Å². The Hall–Kier alpha value is -1.72. The molecule has 1 aromatic carbocycles. The highest BCUT2D eigenvalue weighted by Gasteiger charge is 2.23. The number of piperazine rings is 1. The van der Waals surface area contributed by atoms with Crippen LogP contribution in [0.5, 0.6) is 0 Å². The van der Waals surface area contributed by atoms with Crippen molar-refractivity contribution in [1.82, 2.24) is 15.2 Å². The van der Waals surface area contributed by atoms with E-state index in [4.69, 9.17) is 0 Å². The smallest absolute Gasteiger partial charge is 0.228 e. The van der Waals surface area contributed by atoms with Gasteiger partial charge in [0.1, 0.15) is 5.01 Å². The molecule has 1 atom stereocenters. The van der Waals surface area contributed by atoms with Crippen LogP contribution in [0.1, 0.15) is 12.6 Å². The van der Waals surface area contributed by atoms with E-state index in [-0.39, 0.29) is 11.9 Å². The second-order valence-corrected chi connectivity index (χ2v) is 6.19. The van der Waals surface area contributed by atoms with Gasteiger partial charge in [0.15, 0.2) is 0 Å². The molecule has 4 nitrogen and oxygen atoms in total. The minimum Gasteiger partial charge on any atom is -0.337 e. The monoisotopic (exact) mass is 301 g/mol. The summed E-state index contributed by atoms with van der Waals surface area (Å²) < 4.78 is 0. The SMILES string of the molecule is C[C@@H]1CNCCN1C(=O)Cc1csc(-c2ccccc2)n1. The average Bonchev–Trinajstić information content (AvgIpc) is 2.97. The Morgan fingerprint density at radius 2 is 2.24 bits per heavy atom. The minimum atomic E-state index is 0.175. The lowest BCUT2D eigenvalue weighted by Gasteiger charge is -2.33. The van der Waals surface area contributed by atoms with E-state index in [1.807, 2.05) is 40.6 Å². The van der Waals surface area contributed by atoms with Crippen molar-refractivity contribution in [3.8, 4) is 10.6 Å². The lowest BCUT2D eigenvalue weighted by molar-refractivity contribution is -0.133. The van der Waals surface area contributed by atoms with Crippen molar-refractivity contribution in [3.05, 3.63) is 41.4 Å². The van der Waals surface area contributed by atoms with E-state index in [2.05, 4.69) is 17.2 Å². The van der Waals surface area contributed by atoms with Crippen molar-refractivity contribution in [2.45, 2.75) is 19.4 Å². The van der Waals surface area contributed by atoms with Crippen LogP contribution in [0.25, 0.3) is 10.6 Å². The van der Waals surface area contributed by atoms with E-state index in [0.29, 0.717) is 6.42 Å². The second-order valence-electron chi connectivity index (χ2n) is 5.33. The molecule has 1 aliphatic heterocycles. The van der Waals surface area contributed by atoms with Gasteiger partial charge in [-0.3, -0.25) is 4.79 Å². The number of rotatable bonds is 3. The molecule has 1 aromatic heterocycles. The second kappa shape index (κ2) is 6.37. The molecule has 21 heavy (non-hydrogen) atoms. The third-order valence-corrected chi connectivity index (χ3v) is 4.67. The first kappa shape index (κ1) is 14.2. The van der Waals surface area contributed by atoms with Crippen LogP contribution in [0.3, 0.4) is 0 Å². The number of carbonyl (C=O) groups is 1. The first-order valence-electron chi connectivity index (χ1n) is 7.24. The Labute approximate surface area is 128 Å². The van der Waals surface area contributed by atoms with Crippen LogP contribution < -0.4 is 5.32 Å². The summed E-state index contributed by atoms with van der Waals surface area (Å²) in [6.45, 7) is 4.62. The first-order valence-corrected chi connectivity index (χ1v) is 8.12. The van der Waals surface area contributed by atoms with Crippen LogP contribution in [-0.2, 0) is 11.2 Å². The molecule has 1 amide bonds. The third-order valence-electron chi connectivity index (χ3n) is 3.73. The highest BCUT2D eigenvalue weighted by molar-refractivity contribution is 7.13. The summed E-state index contributed by atoms with van der Waals surface area (Å²) in [5.74, 6) is 0.175. The van der Waals surface area contributed by atoms with Gasteiger partial charge in [-0.25, -0.2) is 4.98 Å². The van der Waals surface area contributed by atoms with Crippen LogP contribution in [0.15, 0.2) is 35.7 Å². The molecule has 0 unspecified atom stereocenters. The van der Waals surface area contributed by atoms with E-state index < -0.39 is 0 Å². The molecule has 5 heteroatoms. The summed E-state index contributed by atoms with van der Waals surface area (Å²) in [4.78, 5) is 18.9. The summed E-state index contributed by atoms with van der Waals surface area (Å²) in [7, 11) is 0. The van der Waals surface area contributed by atoms with E-state index >= 15 is 0 Å². The maximum absolute atomic E-state index is 12.4. The Balaban J connectivity index is 1.68. The summed E-state index contributed by atoms with van der Waals surface area (Å²) >= 11 is 1.60. The molecule has 2 heterocycles. The summed E-state index contributed by atoms with van der Waals surface area (Å²) in [5.41, 5.74) is 1.98. The standard InChI is InChI=1S/C16H19N3OS/c1-12-10-17-7-8-19(12)15(20)9-14-11-21-16(18-14)13-5-3-2-4-6-13/h2-6,11-12,17H,7-10H2,1H3/t12-/m1/s1. The number of amides is 1. The molecular weight excluding hydrogens is 282 g/mol. The van der Waals surface area contributed by atoms with Gasteiger partial charge in [0.2, 0.25) is 5.91 Å². The zero-order chi connectivity index (χ0) is 14.7. The highest BCUT2D eigenvalue weighted by Crippen LogP contribution is 2.23. The van der Waals surface area contributed by atoms with Crippen molar-refractivity contribution < 1.29 is 4.79 Å². The van der Waals surface area contributed by atoms with Gasteiger partial charge in [-0.2, -0.15) is 0 Å². The predicted molar refractivity (Wildman–Crippen MR) is 85.3 cm³/mol. The Kier molecular flexibility index (Phi) is 4.31. The number of nitrogens with one attached hydrogen (secondary N) is 1. The van der Waals surface area contributed by atoms with Gasteiger partial charge >= 0.3 is 0 Å². The number of nitrogens with zero attached hydrogens (tertiary/aromatic N) is 2. The van der Waals surface area contributed by atoms with Gasteiger partial charge < -0.3 is 10.2 Å². The van der Waals surface area contributed by atoms with Crippen molar-refractivity contribution in [2.24, 2.45) is 0 Å². The largest absolute Gasteiger partial charge is 0.337 e. The van der Waals surface area contributed by atoms with E-state index in [1.54, 1.807) is 11.3 Å². The van der Waals surface area contributed by atoms with E-state index in [1.165, 1.54) is 0 Å². The zero-order valence-corrected chi connectivity index (χ0v) is 12.9. The number of aromatic nitrogens is 1. The molecule has 1 fully saturated rings. The minimum absolute atomic E-state index is 0.175. The molecule has 3 rings (SSSR count). The molecule has 0 bridgehead atoms. The fourth-order valence-corrected chi connectivity index (χ4v) is 3.40. The van der Waals surface area contributed by atoms with Crippen molar-refractivity contribution in [2.75, 3.05) is 19.6 Å². The molecule has 1 saturated heterocycles. The quantitative estimate of drug-likeness (QED) is 0.945. The van der Waals surface area contributed by atoms with Gasteiger partial charge in [0, 0.05) is 36.6 Å². The van der Waals surface area contributed by atoms with Gasteiger partial charge in [-0.05, 0) is 6.92 Å². The van der Waals surface area contributed by atoms with Crippen LogP contribution >= 0.6 is 11.3 Å². The lowest BCUT2D eigenvalue weighted by atomic mass is 10.2. The number of carbonyl (C=O) groups excluding carboxylic acids is 1. The normalized spacial score (nSPS) is 18.7. The number of hydrogen-bond donors (Lipinski definition) is 1. The average molecular weight is 301 g/mol. The van der Waals surface area contributed by atoms with Gasteiger partial charge in [-0.15, -0.1) is 11.3 Å². The van der Waals surface area contributed by atoms with E-state index in [9.17, 15) is 4.79 Å². The van der Waals surface area contributed by atoms with Crippen molar-refractivity contribution in [1.29, 1.82) is 0 Å². The van der Waals surface area contributed by atoms with Crippen LogP contribution in [0, 0.1) is 0 Å². The summed E-state index contributed by atoms with van der Waals surface area (Å²) in [5, 5.41) is 6.27. The number of benzene rings is 1. The number of thiazole rings is 1. The lowest BCUT2D eigenvalue weighted by Crippen LogP contribution is -2.52. The first-order chi connectivity index (χ1) is 10.2. The molecule has 1 N–H and O–H groups in total. The molecule has 1 aliphatic rings. The zero-order valence-electron chi connectivity index (χ0n) is 12.1. The van der Waals surface area contributed by atoms with Gasteiger partial charge in [0.05, 0.1) is 12.1 Å². The fraction of sp³-hybridized carbons (Fsp3) is 0.375. The molecule has 2 aromatic rings.